The first-order valence-electron chi connectivity index (χ1n) is 6.53. The molecule has 1 amide bonds. The number of carbonyl (C=O) groups excluding carboxylic acids is 1. The predicted molar refractivity (Wildman–Crippen MR) is 76.8 cm³/mol. The van der Waals surface area contributed by atoms with Gasteiger partial charge in [0.05, 0.1) is 10.5 Å². The van der Waals surface area contributed by atoms with Gasteiger partial charge in [0.15, 0.2) is 0 Å². The highest BCUT2D eigenvalue weighted by atomic mass is 16.6. The van der Waals surface area contributed by atoms with Crippen molar-refractivity contribution in [3.05, 3.63) is 27.9 Å². The first-order valence-corrected chi connectivity index (χ1v) is 6.53. The third-order valence-electron chi connectivity index (χ3n) is 3.42. The van der Waals surface area contributed by atoms with Gasteiger partial charge in [0.2, 0.25) is 0 Å². The molecule has 110 valence electrons. The number of nitrogens with zero attached hydrogens (tertiary/aromatic N) is 2. The van der Waals surface area contributed by atoms with E-state index < -0.39 is 4.92 Å². The highest BCUT2D eigenvalue weighted by Crippen LogP contribution is 2.19. The van der Waals surface area contributed by atoms with E-state index in [1.54, 1.807) is 7.05 Å². The van der Waals surface area contributed by atoms with Gasteiger partial charge in [-0.3, -0.25) is 14.9 Å². The molecule has 1 aromatic rings. The van der Waals surface area contributed by atoms with Gasteiger partial charge in [0, 0.05) is 19.2 Å². The van der Waals surface area contributed by atoms with Crippen LogP contribution in [0.15, 0.2) is 12.3 Å². The molecule has 0 bridgehead atoms. The third kappa shape index (κ3) is 3.66. The van der Waals surface area contributed by atoms with Gasteiger partial charge in [-0.2, -0.15) is 0 Å². The Hall–Kier alpha value is -2.18. The molecule has 2 atom stereocenters. The topological polar surface area (TPSA) is 97.2 Å². The average molecular weight is 280 g/mol. The number of pyridine rings is 1. The van der Waals surface area contributed by atoms with Crippen LogP contribution >= 0.6 is 0 Å². The molecule has 0 saturated heterocycles. The summed E-state index contributed by atoms with van der Waals surface area (Å²) in [5.74, 6) is 0.284. The Morgan fingerprint density at radius 3 is 2.65 bits per heavy atom. The summed E-state index contributed by atoms with van der Waals surface area (Å²) >= 11 is 0. The average Bonchev–Trinajstić information content (AvgIpc) is 2.45. The van der Waals surface area contributed by atoms with Crippen molar-refractivity contribution in [2.24, 2.45) is 5.92 Å². The normalized spacial score (nSPS) is 13.4. The van der Waals surface area contributed by atoms with Crippen LogP contribution in [0.3, 0.4) is 0 Å². The van der Waals surface area contributed by atoms with Crippen molar-refractivity contribution in [1.29, 1.82) is 0 Å². The van der Waals surface area contributed by atoms with E-state index in [1.807, 2.05) is 20.8 Å². The fourth-order valence-electron chi connectivity index (χ4n) is 1.71. The van der Waals surface area contributed by atoms with Gasteiger partial charge in [-0.05, 0) is 12.8 Å². The number of hydrogen-bond donors (Lipinski definition) is 2. The monoisotopic (exact) mass is 280 g/mol. The molecule has 0 radical (unpaired) electrons. The number of nitrogens with one attached hydrogen (secondary N) is 2. The van der Waals surface area contributed by atoms with Crippen molar-refractivity contribution >= 4 is 17.4 Å². The number of anilines is 1. The van der Waals surface area contributed by atoms with Gasteiger partial charge < -0.3 is 10.6 Å². The molecule has 0 saturated carbocycles. The van der Waals surface area contributed by atoms with Crippen LogP contribution in [0.2, 0.25) is 0 Å². The Bertz CT molecular complexity index is 504. The number of amides is 1. The molecule has 1 heterocycles. The van der Waals surface area contributed by atoms with E-state index in [0.717, 1.165) is 12.6 Å². The smallest absolute Gasteiger partial charge is 0.288 e. The van der Waals surface area contributed by atoms with Crippen LogP contribution in [-0.4, -0.2) is 28.9 Å². The van der Waals surface area contributed by atoms with Crippen LogP contribution in [0.4, 0.5) is 11.5 Å². The lowest BCUT2D eigenvalue weighted by Gasteiger charge is -2.20. The first kappa shape index (κ1) is 15.9. The van der Waals surface area contributed by atoms with E-state index in [2.05, 4.69) is 15.6 Å². The highest BCUT2D eigenvalue weighted by molar-refractivity contribution is 5.99. The van der Waals surface area contributed by atoms with Crippen molar-refractivity contribution in [3.63, 3.8) is 0 Å². The molecular formula is C13H20N4O3. The maximum Gasteiger partial charge on any atom is 0.288 e. The van der Waals surface area contributed by atoms with E-state index in [0.29, 0.717) is 11.7 Å². The van der Waals surface area contributed by atoms with Crippen LogP contribution in [0.5, 0.6) is 0 Å². The molecule has 1 aromatic heterocycles. The number of nitro groups is 1. The lowest BCUT2D eigenvalue weighted by molar-refractivity contribution is -0.385. The molecule has 20 heavy (non-hydrogen) atoms. The molecule has 0 aromatic carbocycles. The summed E-state index contributed by atoms with van der Waals surface area (Å²) in [6, 6.07) is 1.22. The minimum Gasteiger partial charge on any atom is -0.372 e. The second-order valence-electron chi connectivity index (χ2n) is 4.74. The van der Waals surface area contributed by atoms with Gasteiger partial charge in [-0.1, -0.05) is 20.3 Å². The van der Waals surface area contributed by atoms with Crippen molar-refractivity contribution in [2.75, 3.05) is 12.4 Å². The zero-order valence-corrected chi connectivity index (χ0v) is 12.1. The van der Waals surface area contributed by atoms with Crippen molar-refractivity contribution in [2.45, 2.75) is 33.2 Å². The summed E-state index contributed by atoms with van der Waals surface area (Å²) in [5, 5.41) is 16.4. The summed E-state index contributed by atoms with van der Waals surface area (Å²) < 4.78 is 0. The summed E-state index contributed by atoms with van der Waals surface area (Å²) in [4.78, 5) is 26.3. The van der Waals surface area contributed by atoms with Gasteiger partial charge in [-0.15, -0.1) is 0 Å². The van der Waals surface area contributed by atoms with Crippen LogP contribution < -0.4 is 10.6 Å². The molecular weight excluding hydrogens is 260 g/mol. The van der Waals surface area contributed by atoms with E-state index in [9.17, 15) is 14.9 Å². The van der Waals surface area contributed by atoms with Crippen molar-refractivity contribution in [1.82, 2.24) is 10.3 Å². The molecule has 7 nitrogen and oxygen atoms in total. The van der Waals surface area contributed by atoms with Crippen LogP contribution in [-0.2, 0) is 0 Å². The fraction of sp³-hybridized carbons (Fsp3) is 0.538. The molecule has 2 N–H and O–H groups in total. The molecule has 0 aliphatic heterocycles. The molecule has 0 aliphatic carbocycles. The Morgan fingerprint density at radius 1 is 1.50 bits per heavy atom. The van der Waals surface area contributed by atoms with Gasteiger partial charge in [-0.25, -0.2) is 4.98 Å². The SMILES string of the molecule is CCC(C)C(C)NC(=O)c1cc([N+](=O)[O-])cnc1NC. The van der Waals surface area contributed by atoms with Gasteiger partial charge in [0.25, 0.3) is 11.6 Å². The van der Waals surface area contributed by atoms with Gasteiger partial charge in [0.1, 0.15) is 12.0 Å². The highest BCUT2D eigenvalue weighted by Gasteiger charge is 2.20. The number of carbonyl (C=O) groups is 1. The maximum atomic E-state index is 12.2. The molecule has 2 unspecified atom stereocenters. The van der Waals surface area contributed by atoms with E-state index in [4.69, 9.17) is 0 Å². The summed E-state index contributed by atoms with van der Waals surface area (Å²) in [6.07, 6.45) is 2.06. The number of rotatable bonds is 6. The Morgan fingerprint density at radius 2 is 2.15 bits per heavy atom. The Kier molecular flexibility index (Phi) is 5.42. The summed E-state index contributed by atoms with van der Waals surface area (Å²) in [6.45, 7) is 5.99. The fourth-order valence-corrected chi connectivity index (χ4v) is 1.71. The zero-order valence-electron chi connectivity index (χ0n) is 12.1. The molecule has 0 fully saturated rings. The predicted octanol–water partition coefficient (Wildman–Crippen LogP) is 2.20. The van der Waals surface area contributed by atoms with Crippen molar-refractivity contribution in [3.8, 4) is 0 Å². The first-order chi connectivity index (χ1) is 9.40. The van der Waals surface area contributed by atoms with E-state index in [-0.39, 0.29) is 23.2 Å². The third-order valence-corrected chi connectivity index (χ3v) is 3.42. The van der Waals surface area contributed by atoms with Crippen LogP contribution in [0.25, 0.3) is 0 Å². The number of aromatic nitrogens is 1. The summed E-state index contributed by atoms with van der Waals surface area (Å²) in [7, 11) is 1.61. The minimum atomic E-state index is -0.568. The maximum absolute atomic E-state index is 12.2. The van der Waals surface area contributed by atoms with Crippen LogP contribution in [0, 0.1) is 16.0 Å². The van der Waals surface area contributed by atoms with Gasteiger partial charge >= 0.3 is 0 Å². The second-order valence-corrected chi connectivity index (χ2v) is 4.74. The Labute approximate surface area is 117 Å². The van der Waals surface area contributed by atoms with E-state index >= 15 is 0 Å². The largest absolute Gasteiger partial charge is 0.372 e. The lowest BCUT2D eigenvalue weighted by atomic mass is 10.0. The lowest BCUT2D eigenvalue weighted by Crippen LogP contribution is -2.37. The number of hydrogen-bond acceptors (Lipinski definition) is 5. The molecule has 0 spiro atoms. The minimum absolute atomic E-state index is 0.0172. The summed E-state index contributed by atoms with van der Waals surface area (Å²) in [5.41, 5.74) is -0.0257. The zero-order chi connectivity index (χ0) is 15.3. The molecule has 7 heteroatoms. The van der Waals surface area contributed by atoms with Crippen molar-refractivity contribution < 1.29 is 9.72 Å². The quantitative estimate of drug-likeness (QED) is 0.615. The van der Waals surface area contributed by atoms with Crippen LogP contribution in [0.1, 0.15) is 37.6 Å². The standard InChI is InChI=1S/C13H20N4O3/c1-5-8(2)9(3)16-13(18)11-6-10(17(19)20)7-15-12(11)14-4/h6-9H,5H2,1-4H3,(H,14,15)(H,16,18). The second kappa shape index (κ2) is 6.83. The molecule has 0 aliphatic rings. The Balaban J connectivity index is 3.01. The van der Waals surface area contributed by atoms with E-state index in [1.165, 1.54) is 6.07 Å². The molecule has 1 rings (SSSR count).